The molecule has 2 N–H and O–H groups in total. The van der Waals surface area contributed by atoms with E-state index in [2.05, 4.69) is 35.4 Å². The molecule has 32 heavy (non-hydrogen) atoms. The second kappa shape index (κ2) is 11.2. The third kappa shape index (κ3) is 6.39. The first kappa shape index (κ1) is 23.9. The van der Waals surface area contributed by atoms with Crippen molar-refractivity contribution in [2.24, 2.45) is 5.92 Å². The third-order valence-corrected chi connectivity index (χ3v) is 6.17. The molecule has 0 spiro atoms. The third-order valence-electron chi connectivity index (χ3n) is 6.17. The number of amides is 2. The first-order chi connectivity index (χ1) is 15.3. The average Bonchev–Trinajstić information content (AvgIpc) is 2.76. The standard InChI is InChI=1S/C26H34FN3O2/c1-18(2)22-9-6-7-19(3)25(22)29-24(31)17-30-15-12-21(13-16-30)26(32)28-14-11-20-8-4-5-10-23(20)27/h4-10,18,21H,11-17H2,1-3H3,(H,28,32)(H,29,31). The molecule has 172 valence electrons. The van der Waals surface area contributed by atoms with Crippen molar-refractivity contribution >= 4 is 17.5 Å². The van der Waals surface area contributed by atoms with Gasteiger partial charge in [-0.25, -0.2) is 4.39 Å². The Morgan fingerprint density at radius 2 is 1.81 bits per heavy atom. The van der Waals surface area contributed by atoms with Crippen LogP contribution < -0.4 is 10.6 Å². The zero-order valence-electron chi connectivity index (χ0n) is 19.3. The van der Waals surface area contributed by atoms with E-state index < -0.39 is 0 Å². The van der Waals surface area contributed by atoms with Gasteiger partial charge in [0, 0.05) is 18.2 Å². The molecule has 0 aromatic heterocycles. The van der Waals surface area contributed by atoms with Crippen molar-refractivity contribution < 1.29 is 14.0 Å². The largest absolute Gasteiger partial charge is 0.356 e. The SMILES string of the molecule is Cc1cccc(C(C)C)c1NC(=O)CN1CCC(C(=O)NCCc2ccccc2F)CC1. The Bertz CT molecular complexity index is 936. The Balaban J connectivity index is 1.42. The molecule has 1 heterocycles. The van der Waals surface area contributed by atoms with Gasteiger partial charge in [-0.2, -0.15) is 0 Å². The number of hydrogen-bond donors (Lipinski definition) is 2. The van der Waals surface area contributed by atoms with E-state index in [4.69, 9.17) is 0 Å². The lowest BCUT2D eigenvalue weighted by Crippen LogP contribution is -2.43. The summed E-state index contributed by atoms with van der Waals surface area (Å²) in [7, 11) is 0. The van der Waals surface area contributed by atoms with Crippen LogP contribution in [0, 0.1) is 18.7 Å². The van der Waals surface area contributed by atoms with Crippen LogP contribution in [0.4, 0.5) is 10.1 Å². The Labute approximate surface area is 190 Å². The molecule has 2 amide bonds. The second-order valence-electron chi connectivity index (χ2n) is 8.92. The van der Waals surface area contributed by atoms with Gasteiger partial charge in [0.15, 0.2) is 0 Å². The number of carbonyl (C=O) groups excluding carboxylic acids is 2. The van der Waals surface area contributed by atoms with E-state index in [9.17, 15) is 14.0 Å². The van der Waals surface area contributed by atoms with Crippen molar-refractivity contribution in [1.82, 2.24) is 10.2 Å². The smallest absolute Gasteiger partial charge is 0.238 e. The summed E-state index contributed by atoms with van der Waals surface area (Å²) in [5.41, 5.74) is 3.74. The molecule has 0 bridgehead atoms. The van der Waals surface area contributed by atoms with Crippen molar-refractivity contribution in [2.45, 2.75) is 46.0 Å². The highest BCUT2D eigenvalue weighted by molar-refractivity contribution is 5.94. The summed E-state index contributed by atoms with van der Waals surface area (Å²) in [6.07, 6.45) is 1.93. The number of piperidine rings is 1. The second-order valence-corrected chi connectivity index (χ2v) is 8.92. The maximum absolute atomic E-state index is 13.7. The highest BCUT2D eigenvalue weighted by atomic mass is 19.1. The van der Waals surface area contributed by atoms with E-state index in [1.54, 1.807) is 18.2 Å². The summed E-state index contributed by atoms with van der Waals surface area (Å²) in [5.74, 6) is 0.0390. The van der Waals surface area contributed by atoms with Gasteiger partial charge in [0.25, 0.3) is 0 Å². The van der Waals surface area contributed by atoms with Gasteiger partial charge in [-0.3, -0.25) is 14.5 Å². The molecule has 1 saturated heterocycles. The summed E-state index contributed by atoms with van der Waals surface area (Å²) in [6.45, 7) is 8.43. The average molecular weight is 440 g/mol. The minimum atomic E-state index is -0.237. The molecule has 1 aliphatic rings. The summed E-state index contributed by atoms with van der Waals surface area (Å²) < 4.78 is 13.7. The lowest BCUT2D eigenvalue weighted by Gasteiger charge is -2.31. The predicted octanol–water partition coefficient (Wildman–Crippen LogP) is 4.27. The monoisotopic (exact) mass is 439 g/mol. The van der Waals surface area contributed by atoms with Crippen molar-refractivity contribution in [3.8, 4) is 0 Å². The number of anilines is 1. The Hall–Kier alpha value is -2.73. The lowest BCUT2D eigenvalue weighted by molar-refractivity contribution is -0.126. The highest BCUT2D eigenvalue weighted by Gasteiger charge is 2.26. The van der Waals surface area contributed by atoms with Crippen LogP contribution in [0.3, 0.4) is 0 Å². The van der Waals surface area contributed by atoms with Crippen LogP contribution in [-0.4, -0.2) is 42.9 Å². The molecular formula is C26H34FN3O2. The van der Waals surface area contributed by atoms with Crippen LogP contribution in [0.5, 0.6) is 0 Å². The fraction of sp³-hybridized carbons (Fsp3) is 0.462. The molecule has 0 atom stereocenters. The molecule has 0 radical (unpaired) electrons. The summed E-state index contributed by atoms with van der Waals surface area (Å²) in [5, 5.41) is 6.03. The van der Waals surface area contributed by atoms with Crippen LogP contribution >= 0.6 is 0 Å². The number of aryl methyl sites for hydroxylation is 1. The topological polar surface area (TPSA) is 61.4 Å². The maximum Gasteiger partial charge on any atom is 0.238 e. The molecule has 0 unspecified atom stereocenters. The van der Waals surface area contributed by atoms with Crippen LogP contribution in [-0.2, 0) is 16.0 Å². The summed E-state index contributed by atoms with van der Waals surface area (Å²) in [6, 6.07) is 12.7. The quantitative estimate of drug-likeness (QED) is 0.646. The first-order valence-corrected chi connectivity index (χ1v) is 11.5. The van der Waals surface area contributed by atoms with Gasteiger partial charge in [0.2, 0.25) is 11.8 Å². The Morgan fingerprint density at radius 3 is 2.50 bits per heavy atom. The van der Waals surface area contributed by atoms with Crippen molar-refractivity contribution in [1.29, 1.82) is 0 Å². The molecular weight excluding hydrogens is 405 g/mol. The van der Waals surface area contributed by atoms with Crippen LogP contribution in [0.1, 0.15) is 49.3 Å². The van der Waals surface area contributed by atoms with Crippen molar-refractivity contribution in [2.75, 3.05) is 31.5 Å². The van der Waals surface area contributed by atoms with Gasteiger partial charge >= 0.3 is 0 Å². The Morgan fingerprint density at radius 1 is 1.09 bits per heavy atom. The number of hydrogen-bond acceptors (Lipinski definition) is 3. The molecule has 6 heteroatoms. The van der Waals surface area contributed by atoms with E-state index in [1.165, 1.54) is 6.07 Å². The minimum Gasteiger partial charge on any atom is -0.356 e. The van der Waals surface area contributed by atoms with Gasteiger partial charge < -0.3 is 10.6 Å². The lowest BCUT2D eigenvalue weighted by atomic mass is 9.95. The molecule has 2 aromatic carbocycles. The Kier molecular flexibility index (Phi) is 8.39. The fourth-order valence-electron chi connectivity index (χ4n) is 4.24. The maximum atomic E-state index is 13.7. The van der Waals surface area contributed by atoms with E-state index in [1.807, 2.05) is 19.1 Å². The van der Waals surface area contributed by atoms with Crippen molar-refractivity contribution in [3.05, 3.63) is 65.0 Å². The molecule has 0 aliphatic carbocycles. The summed E-state index contributed by atoms with van der Waals surface area (Å²) >= 11 is 0. The molecule has 1 aliphatic heterocycles. The van der Waals surface area contributed by atoms with Crippen LogP contribution in [0.25, 0.3) is 0 Å². The van der Waals surface area contributed by atoms with Gasteiger partial charge in [-0.1, -0.05) is 50.2 Å². The zero-order valence-corrected chi connectivity index (χ0v) is 19.3. The van der Waals surface area contributed by atoms with E-state index in [-0.39, 0.29) is 23.5 Å². The number of benzene rings is 2. The van der Waals surface area contributed by atoms with E-state index in [0.29, 0.717) is 44.1 Å². The van der Waals surface area contributed by atoms with Gasteiger partial charge in [0.1, 0.15) is 5.82 Å². The number of rotatable bonds is 8. The molecule has 5 nitrogen and oxygen atoms in total. The number of halogens is 1. The number of nitrogens with zero attached hydrogens (tertiary/aromatic N) is 1. The minimum absolute atomic E-state index is 0.0195. The van der Waals surface area contributed by atoms with Gasteiger partial charge in [-0.15, -0.1) is 0 Å². The van der Waals surface area contributed by atoms with Crippen LogP contribution in [0.2, 0.25) is 0 Å². The predicted molar refractivity (Wildman–Crippen MR) is 126 cm³/mol. The normalized spacial score (nSPS) is 15.0. The van der Waals surface area contributed by atoms with Gasteiger partial charge in [0.05, 0.1) is 6.54 Å². The highest BCUT2D eigenvalue weighted by Crippen LogP contribution is 2.27. The van der Waals surface area contributed by atoms with Crippen molar-refractivity contribution in [3.63, 3.8) is 0 Å². The zero-order chi connectivity index (χ0) is 23.1. The van der Waals surface area contributed by atoms with Gasteiger partial charge in [-0.05, 0) is 68.0 Å². The number of para-hydroxylation sites is 1. The number of carbonyl (C=O) groups is 2. The van der Waals surface area contributed by atoms with E-state index >= 15 is 0 Å². The van der Waals surface area contributed by atoms with E-state index in [0.717, 1.165) is 29.7 Å². The molecule has 0 saturated carbocycles. The molecule has 3 rings (SSSR count). The first-order valence-electron chi connectivity index (χ1n) is 11.5. The fourth-order valence-corrected chi connectivity index (χ4v) is 4.24. The molecule has 2 aromatic rings. The summed E-state index contributed by atoms with van der Waals surface area (Å²) in [4.78, 5) is 27.2. The van der Waals surface area contributed by atoms with Crippen LogP contribution in [0.15, 0.2) is 42.5 Å². The number of nitrogens with one attached hydrogen (secondary N) is 2. The molecule has 1 fully saturated rings. The number of likely N-dealkylation sites (tertiary alicyclic amines) is 1.